The summed E-state index contributed by atoms with van der Waals surface area (Å²) < 4.78 is 21.1. The second-order valence-electron chi connectivity index (χ2n) is 9.30. The lowest BCUT2D eigenvalue weighted by atomic mass is 9.80. The Balaban J connectivity index is 1.37. The molecule has 2 aromatic carbocycles. The zero-order valence-electron chi connectivity index (χ0n) is 19.2. The SMILES string of the molecule is COc1cc(CC2CCC3CCCC(c4ccc(F)cc4)N3C2=O)ccc1-n1cnc(C)c1. The molecule has 172 valence electrons. The number of nitrogens with zero attached hydrogens (tertiary/aromatic N) is 3. The van der Waals surface area contributed by atoms with Gasteiger partial charge in [-0.3, -0.25) is 4.79 Å². The van der Waals surface area contributed by atoms with Gasteiger partial charge in [-0.15, -0.1) is 0 Å². The first-order valence-electron chi connectivity index (χ1n) is 11.8. The average Bonchev–Trinajstić information content (AvgIpc) is 3.27. The van der Waals surface area contributed by atoms with Crippen LogP contribution in [-0.2, 0) is 11.2 Å². The molecule has 3 atom stereocenters. The van der Waals surface area contributed by atoms with Gasteiger partial charge >= 0.3 is 0 Å². The summed E-state index contributed by atoms with van der Waals surface area (Å²) >= 11 is 0. The van der Waals surface area contributed by atoms with Crippen molar-refractivity contribution in [2.75, 3.05) is 7.11 Å². The number of aromatic nitrogens is 2. The van der Waals surface area contributed by atoms with Crippen LogP contribution >= 0.6 is 0 Å². The monoisotopic (exact) mass is 447 g/mol. The van der Waals surface area contributed by atoms with Crippen LogP contribution in [0.25, 0.3) is 5.69 Å². The fourth-order valence-electron chi connectivity index (χ4n) is 5.53. The largest absolute Gasteiger partial charge is 0.495 e. The summed E-state index contributed by atoms with van der Waals surface area (Å²) in [6, 6.07) is 13.2. The van der Waals surface area contributed by atoms with Crippen LogP contribution in [0.2, 0.25) is 0 Å². The van der Waals surface area contributed by atoms with E-state index in [4.69, 9.17) is 4.74 Å². The van der Waals surface area contributed by atoms with E-state index in [0.29, 0.717) is 12.5 Å². The third-order valence-corrected chi connectivity index (χ3v) is 7.17. The van der Waals surface area contributed by atoms with Crippen molar-refractivity contribution in [2.45, 2.75) is 57.5 Å². The molecule has 2 fully saturated rings. The summed E-state index contributed by atoms with van der Waals surface area (Å²) in [4.78, 5) is 20.1. The number of carbonyl (C=O) groups excluding carboxylic acids is 1. The van der Waals surface area contributed by atoms with Gasteiger partial charge in [0.05, 0.1) is 30.9 Å². The molecule has 0 saturated carbocycles. The number of amides is 1. The summed E-state index contributed by atoms with van der Waals surface area (Å²) in [5, 5.41) is 0. The highest BCUT2D eigenvalue weighted by atomic mass is 19.1. The second kappa shape index (κ2) is 9.00. The maximum absolute atomic E-state index is 13.7. The Labute approximate surface area is 194 Å². The highest BCUT2D eigenvalue weighted by molar-refractivity contribution is 5.81. The van der Waals surface area contributed by atoms with Crippen LogP contribution in [0.3, 0.4) is 0 Å². The van der Waals surface area contributed by atoms with Gasteiger partial charge in [0.2, 0.25) is 5.91 Å². The van der Waals surface area contributed by atoms with Gasteiger partial charge in [0.25, 0.3) is 0 Å². The number of aryl methyl sites for hydroxylation is 1. The molecule has 6 heteroatoms. The number of halogens is 1. The van der Waals surface area contributed by atoms with E-state index in [0.717, 1.165) is 60.4 Å². The Bertz CT molecular complexity index is 1140. The highest BCUT2D eigenvalue weighted by Crippen LogP contribution is 2.41. The molecule has 0 N–H and O–H groups in total. The van der Waals surface area contributed by atoms with Gasteiger partial charge in [0, 0.05) is 18.2 Å². The van der Waals surface area contributed by atoms with E-state index in [1.54, 1.807) is 13.4 Å². The zero-order chi connectivity index (χ0) is 22.9. The van der Waals surface area contributed by atoms with Crippen LogP contribution in [0.5, 0.6) is 5.75 Å². The van der Waals surface area contributed by atoms with Crippen molar-refractivity contribution in [3.63, 3.8) is 0 Å². The number of benzene rings is 2. The lowest BCUT2D eigenvalue weighted by molar-refractivity contribution is -0.147. The lowest BCUT2D eigenvalue weighted by Crippen LogP contribution is -2.52. The number of piperidine rings is 2. The molecule has 2 aliphatic heterocycles. The molecule has 5 nitrogen and oxygen atoms in total. The first-order valence-corrected chi connectivity index (χ1v) is 11.8. The third kappa shape index (κ3) is 4.26. The van der Waals surface area contributed by atoms with Gasteiger partial charge in [-0.2, -0.15) is 0 Å². The van der Waals surface area contributed by atoms with Crippen molar-refractivity contribution in [1.29, 1.82) is 0 Å². The Hall–Kier alpha value is -3.15. The Morgan fingerprint density at radius 3 is 2.64 bits per heavy atom. The van der Waals surface area contributed by atoms with Crippen LogP contribution in [0.4, 0.5) is 4.39 Å². The molecule has 0 bridgehead atoms. The Morgan fingerprint density at radius 1 is 1.09 bits per heavy atom. The normalized spacial score (nSPS) is 22.8. The predicted molar refractivity (Wildman–Crippen MR) is 125 cm³/mol. The number of rotatable bonds is 5. The van der Waals surface area contributed by atoms with E-state index in [9.17, 15) is 9.18 Å². The number of fused-ring (bicyclic) bond motifs is 1. The predicted octanol–water partition coefficient (Wildman–Crippen LogP) is 5.40. The van der Waals surface area contributed by atoms with Crippen LogP contribution < -0.4 is 4.74 Å². The summed E-state index contributed by atoms with van der Waals surface area (Å²) in [6.07, 6.45) is 9.47. The van der Waals surface area contributed by atoms with Crippen molar-refractivity contribution < 1.29 is 13.9 Å². The quantitative estimate of drug-likeness (QED) is 0.526. The molecule has 3 unspecified atom stereocenters. The van der Waals surface area contributed by atoms with E-state index >= 15 is 0 Å². The summed E-state index contributed by atoms with van der Waals surface area (Å²) in [5.41, 5.74) is 4.02. The minimum absolute atomic E-state index is 0.0426. The number of hydrogen-bond acceptors (Lipinski definition) is 3. The van der Waals surface area contributed by atoms with Crippen molar-refractivity contribution >= 4 is 5.91 Å². The van der Waals surface area contributed by atoms with Gasteiger partial charge in [-0.1, -0.05) is 18.2 Å². The van der Waals surface area contributed by atoms with E-state index < -0.39 is 0 Å². The average molecular weight is 448 g/mol. The van der Waals surface area contributed by atoms with Crippen molar-refractivity contribution in [3.8, 4) is 11.4 Å². The molecule has 0 radical (unpaired) electrons. The van der Waals surface area contributed by atoms with Gasteiger partial charge in [-0.25, -0.2) is 9.37 Å². The summed E-state index contributed by atoms with van der Waals surface area (Å²) in [7, 11) is 1.67. The van der Waals surface area contributed by atoms with E-state index in [1.165, 1.54) is 12.1 Å². The number of hydrogen-bond donors (Lipinski definition) is 0. The standard InChI is InChI=1S/C27H30FN3O2/c1-18-16-30(17-29-18)25-13-6-19(15-26(25)33-2)14-21-9-12-23-4-3-5-24(31(23)27(21)32)20-7-10-22(28)11-8-20/h6-8,10-11,13,15-17,21,23-24H,3-5,9,12,14H2,1-2H3. The minimum atomic E-state index is -0.239. The van der Waals surface area contributed by atoms with Crippen molar-refractivity contribution in [1.82, 2.24) is 14.5 Å². The van der Waals surface area contributed by atoms with Gasteiger partial charge in [-0.05, 0) is 80.8 Å². The van der Waals surface area contributed by atoms with Gasteiger partial charge < -0.3 is 14.2 Å². The fraction of sp³-hybridized carbons (Fsp3) is 0.407. The molecule has 3 heterocycles. The molecule has 2 saturated heterocycles. The Morgan fingerprint density at radius 2 is 1.91 bits per heavy atom. The number of ether oxygens (including phenoxy) is 1. The summed E-state index contributed by atoms with van der Waals surface area (Å²) in [6.45, 7) is 1.96. The van der Waals surface area contributed by atoms with Crippen LogP contribution in [0, 0.1) is 18.7 Å². The zero-order valence-corrected chi connectivity index (χ0v) is 19.2. The molecule has 33 heavy (non-hydrogen) atoms. The van der Waals surface area contributed by atoms with Gasteiger partial charge in [0.1, 0.15) is 11.6 Å². The molecule has 0 spiro atoms. The number of methoxy groups -OCH3 is 1. The van der Waals surface area contributed by atoms with Crippen molar-refractivity contribution in [2.24, 2.45) is 5.92 Å². The topological polar surface area (TPSA) is 47.4 Å². The molecule has 2 aliphatic rings. The van der Waals surface area contributed by atoms with E-state index in [2.05, 4.69) is 16.0 Å². The maximum atomic E-state index is 13.7. The number of imidazole rings is 1. The third-order valence-electron chi connectivity index (χ3n) is 7.17. The smallest absolute Gasteiger partial charge is 0.226 e. The Kier molecular flexibility index (Phi) is 5.92. The molecule has 3 aromatic rings. The van der Waals surface area contributed by atoms with Crippen LogP contribution in [-0.4, -0.2) is 33.5 Å². The minimum Gasteiger partial charge on any atom is -0.495 e. The lowest BCUT2D eigenvalue weighted by Gasteiger charge is -2.47. The first-order chi connectivity index (χ1) is 16.0. The molecular weight excluding hydrogens is 417 g/mol. The van der Waals surface area contributed by atoms with E-state index in [1.807, 2.05) is 42.0 Å². The summed E-state index contributed by atoms with van der Waals surface area (Å²) in [5.74, 6) is 0.715. The second-order valence-corrected chi connectivity index (χ2v) is 9.30. The first kappa shape index (κ1) is 21.7. The van der Waals surface area contributed by atoms with Crippen molar-refractivity contribution in [3.05, 3.63) is 77.6 Å². The maximum Gasteiger partial charge on any atom is 0.226 e. The van der Waals surface area contributed by atoms with E-state index in [-0.39, 0.29) is 23.7 Å². The highest BCUT2D eigenvalue weighted by Gasteiger charge is 2.41. The van der Waals surface area contributed by atoms with Crippen LogP contribution in [0.15, 0.2) is 55.0 Å². The molecule has 0 aliphatic carbocycles. The number of carbonyl (C=O) groups is 1. The molecule has 1 amide bonds. The molecule has 1 aromatic heterocycles. The molecular formula is C27H30FN3O2. The van der Waals surface area contributed by atoms with Crippen LogP contribution in [0.1, 0.15) is 55.0 Å². The molecule has 5 rings (SSSR count). The fourth-order valence-corrected chi connectivity index (χ4v) is 5.53. The van der Waals surface area contributed by atoms with Gasteiger partial charge in [0.15, 0.2) is 0 Å².